The molecule has 3 aromatic rings. The van der Waals surface area contributed by atoms with Gasteiger partial charge in [0.05, 0.1) is 22.7 Å². The highest BCUT2D eigenvalue weighted by Gasteiger charge is 2.43. The molecular weight excluding hydrogens is 542 g/mol. The molecule has 3 saturated heterocycles. The van der Waals surface area contributed by atoms with Crippen LogP contribution >= 0.6 is 0 Å². The van der Waals surface area contributed by atoms with Gasteiger partial charge in [0.25, 0.3) is 0 Å². The van der Waals surface area contributed by atoms with Crippen molar-refractivity contribution in [2.24, 2.45) is 11.8 Å². The van der Waals surface area contributed by atoms with E-state index in [-0.39, 0.29) is 12.1 Å². The number of hydrogen-bond donors (Lipinski definition) is 2. The van der Waals surface area contributed by atoms with Crippen molar-refractivity contribution in [1.29, 1.82) is 0 Å². The Balaban J connectivity index is 1.48. The van der Waals surface area contributed by atoms with Crippen molar-refractivity contribution in [3.8, 4) is 0 Å². The maximum atomic E-state index is 13.3. The zero-order valence-corrected chi connectivity index (χ0v) is 21.4. The lowest BCUT2D eigenvalue weighted by Gasteiger charge is -2.51. The van der Waals surface area contributed by atoms with Crippen molar-refractivity contribution < 1.29 is 30.6 Å². The summed E-state index contributed by atoms with van der Waals surface area (Å²) in [6, 6.07) is 9.64. The first-order chi connectivity index (χ1) is 18.4. The lowest BCUT2D eigenvalue weighted by atomic mass is 9.73. The van der Waals surface area contributed by atoms with E-state index in [4.69, 9.17) is 0 Å². The third-order valence-electron chi connectivity index (χ3n) is 7.59. The molecular formula is C27H26F6N4OS. The molecule has 4 heterocycles. The lowest BCUT2D eigenvalue weighted by molar-refractivity contribution is -0.143. The molecule has 2 aromatic carbocycles. The molecule has 12 heteroatoms. The van der Waals surface area contributed by atoms with E-state index in [2.05, 4.69) is 25.9 Å². The predicted octanol–water partition coefficient (Wildman–Crippen LogP) is 6.49. The fourth-order valence-electron chi connectivity index (χ4n) is 5.73. The standard InChI is InChI=1S/C27H26F6N4OS/c1-2-16-15-37-10-8-17(16)11-24(37)25(22-7-9-34-23-6-4-3-5-21(22)23)36-39(38)35-20-13-18(26(28,29)30)12-19(14-20)27(31,32)33/h2-7,9,12-14,16-17,24-25,35-36H,1,8,10-11,15H2/t16?,17?,24?,25-,39?/m0/s1. The monoisotopic (exact) mass is 568 g/mol. The second kappa shape index (κ2) is 10.5. The Hall–Kier alpha value is -2.96. The minimum absolute atomic E-state index is 0.0372. The Labute approximate surface area is 224 Å². The van der Waals surface area contributed by atoms with E-state index >= 15 is 0 Å². The summed E-state index contributed by atoms with van der Waals surface area (Å²) >= 11 is -2.23. The van der Waals surface area contributed by atoms with Gasteiger partial charge in [-0.25, -0.2) is 8.93 Å². The van der Waals surface area contributed by atoms with Crippen molar-refractivity contribution in [2.45, 2.75) is 37.3 Å². The second-order valence-corrected chi connectivity index (χ2v) is 10.9. The number of anilines is 1. The molecule has 5 nitrogen and oxygen atoms in total. The predicted molar refractivity (Wildman–Crippen MR) is 138 cm³/mol. The molecule has 2 bridgehead atoms. The Kier molecular flexibility index (Phi) is 7.47. The van der Waals surface area contributed by atoms with Gasteiger partial charge in [-0.05, 0) is 67.1 Å². The van der Waals surface area contributed by atoms with E-state index in [1.807, 2.05) is 30.3 Å². The van der Waals surface area contributed by atoms with Crippen molar-refractivity contribution in [3.63, 3.8) is 0 Å². The third kappa shape index (κ3) is 5.82. The van der Waals surface area contributed by atoms with Crippen molar-refractivity contribution in [3.05, 3.63) is 84.1 Å². The Morgan fingerprint density at radius 3 is 2.36 bits per heavy atom. The molecule has 3 fully saturated rings. The number of para-hydroxylation sites is 1. The van der Waals surface area contributed by atoms with Crippen LogP contribution in [-0.2, 0) is 23.5 Å². The molecule has 0 radical (unpaired) electrons. The normalized spacial score (nSPS) is 24.9. The summed E-state index contributed by atoms with van der Waals surface area (Å²) in [5.74, 6) is 0.688. The van der Waals surface area contributed by atoms with Crippen molar-refractivity contribution in [1.82, 2.24) is 14.6 Å². The van der Waals surface area contributed by atoms with Gasteiger partial charge in [-0.15, -0.1) is 6.58 Å². The summed E-state index contributed by atoms with van der Waals surface area (Å²) in [4.78, 5) is 6.68. The van der Waals surface area contributed by atoms with Crippen LogP contribution < -0.4 is 9.44 Å². The van der Waals surface area contributed by atoms with E-state index in [9.17, 15) is 30.6 Å². The van der Waals surface area contributed by atoms with Crippen LogP contribution in [0.4, 0.5) is 32.0 Å². The highest BCUT2D eigenvalue weighted by Crippen LogP contribution is 2.42. The Morgan fingerprint density at radius 2 is 1.74 bits per heavy atom. The van der Waals surface area contributed by atoms with Gasteiger partial charge in [0.1, 0.15) is 0 Å². The minimum atomic E-state index is -5.01. The zero-order chi connectivity index (χ0) is 27.9. The first-order valence-electron chi connectivity index (χ1n) is 12.4. The molecule has 0 aliphatic carbocycles. The number of fused-ring (bicyclic) bond motifs is 4. The van der Waals surface area contributed by atoms with Gasteiger partial charge in [0, 0.05) is 29.9 Å². The molecule has 3 aliphatic heterocycles. The summed E-state index contributed by atoms with van der Waals surface area (Å²) in [6.07, 6.45) is -4.69. The molecule has 0 amide bonds. The molecule has 5 unspecified atom stereocenters. The fraction of sp³-hybridized carbons (Fsp3) is 0.370. The number of pyridine rings is 1. The van der Waals surface area contributed by atoms with E-state index in [0.717, 1.165) is 36.9 Å². The van der Waals surface area contributed by atoms with Gasteiger partial charge in [0.15, 0.2) is 11.2 Å². The van der Waals surface area contributed by atoms with Crippen LogP contribution in [0.15, 0.2) is 67.4 Å². The summed E-state index contributed by atoms with van der Waals surface area (Å²) in [6.45, 7) is 5.54. The van der Waals surface area contributed by atoms with Crippen LogP contribution in [0.25, 0.3) is 10.9 Å². The number of alkyl halides is 6. The highest BCUT2D eigenvalue weighted by atomic mass is 32.2. The molecule has 0 spiro atoms. The minimum Gasteiger partial charge on any atom is -0.298 e. The van der Waals surface area contributed by atoms with Gasteiger partial charge in [-0.1, -0.05) is 24.3 Å². The molecule has 1 aromatic heterocycles. The maximum absolute atomic E-state index is 13.3. The van der Waals surface area contributed by atoms with E-state index in [1.165, 1.54) is 0 Å². The lowest BCUT2D eigenvalue weighted by Crippen LogP contribution is -2.57. The number of rotatable bonds is 7. The van der Waals surface area contributed by atoms with E-state index in [1.54, 1.807) is 12.3 Å². The van der Waals surface area contributed by atoms with Crippen LogP contribution in [0.2, 0.25) is 0 Å². The van der Waals surface area contributed by atoms with Crippen LogP contribution in [0.3, 0.4) is 0 Å². The molecule has 6 atom stereocenters. The highest BCUT2D eigenvalue weighted by molar-refractivity contribution is 7.84. The van der Waals surface area contributed by atoms with Gasteiger partial charge < -0.3 is 0 Å². The topological polar surface area (TPSA) is 57.3 Å². The number of halogens is 6. The largest absolute Gasteiger partial charge is 0.416 e. The molecule has 208 valence electrons. The summed E-state index contributed by atoms with van der Waals surface area (Å²) in [5.41, 5.74) is -2.02. The second-order valence-electron chi connectivity index (χ2n) is 9.92. The first kappa shape index (κ1) is 27.6. The quantitative estimate of drug-likeness (QED) is 0.253. The summed E-state index contributed by atoms with van der Waals surface area (Å²) < 4.78 is 98.6. The van der Waals surface area contributed by atoms with Gasteiger partial charge >= 0.3 is 12.4 Å². The summed E-state index contributed by atoms with van der Waals surface area (Å²) in [5, 5.41) is 0.816. The van der Waals surface area contributed by atoms with Crippen LogP contribution in [0, 0.1) is 11.8 Å². The van der Waals surface area contributed by atoms with Crippen LogP contribution in [0.1, 0.15) is 35.6 Å². The Morgan fingerprint density at radius 1 is 1.05 bits per heavy atom. The smallest absolute Gasteiger partial charge is 0.298 e. The van der Waals surface area contributed by atoms with E-state index in [0.29, 0.717) is 29.5 Å². The number of benzene rings is 2. The summed E-state index contributed by atoms with van der Waals surface area (Å²) in [7, 11) is 0. The average Bonchev–Trinajstić information content (AvgIpc) is 2.90. The van der Waals surface area contributed by atoms with Crippen LogP contribution in [0.5, 0.6) is 0 Å². The van der Waals surface area contributed by atoms with Crippen molar-refractivity contribution in [2.75, 3.05) is 17.8 Å². The number of hydrogen-bond acceptors (Lipinski definition) is 3. The molecule has 3 aliphatic rings. The molecule has 0 saturated carbocycles. The fourth-order valence-corrected chi connectivity index (χ4v) is 6.63. The number of nitrogens with zero attached hydrogens (tertiary/aromatic N) is 2. The SMILES string of the molecule is C=CC1CN2CCC1CC2[C@@H](NS(=O)Nc1cc(C(F)(F)F)cc(C(F)(F)F)c1)c1ccnc2ccccc12. The van der Waals surface area contributed by atoms with Crippen LogP contribution in [-0.4, -0.2) is 33.2 Å². The Bertz CT molecular complexity index is 1360. The first-order valence-corrected chi connectivity index (χ1v) is 13.5. The number of piperidine rings is 3. The maximum Gasteiger partial charge on any atom is 0.416 e. The number of nitrogens with one attached hydrogen (secondary N) is 2. The molecule has 2 N–H and O–H groups in total. The number of aromatic nitrogens is 1. The average molecular weight is 569 g/mol. The van der Waals surface area contributed by atoms with Gasteiger partial charge in [-0.3, -0.25) is 14.6 Å². The zero-order valence-electron chi connectivity index (χ0n) is 20.6. The van der Waals surface area contributed by atoms with Gasteiger partial charge in [-0.2, -0.15) is 26.3 Å². The third-order valence-corrected chi connectivity index (χ3v) is 8.48. The molecule has 6 rings (SSSR count). The van der Waals surface area contributed by atoms with Gasteiger partial charge in [0.2, 0.25) is 0 Å². The molecule has 39 heavy (non-hydrogen) atoms. The van der Waals surface area contributed by atoms with E-state index < -0.39 is 46.4 Å². The van der Waals surface area contributed by atoms with Crippen molar-refractivity contribution >= 4 is 27.8 Å².